The van der Waals surface area contributed by atoms with Crippen molar-refractivity contribution >= 4 is 17.7 Å². The van der Waals surface area contributed by atoms with Gasteiger partial charge in [0, 0.05) is 12.4 Å². The van der Waals surface area contributed by atoms with Gasteiger partial charge in [-0.2, -0.15) is 0 Å². The Balaban J connectivity index is 2.15. The number of aromatic nitrogens is 2. The van der Waals surface area contributed by atoms with Gasteiger partial charge in [-0.05, 0) is 5.92 Å². The fourth-order valence-corrected chi connectivity index (χ4v) is 1.38. The SMILES string of the molecule is CC(C)COC(=O)CSc1ncc[nH]1. The summed E-state index contributed by atoms with van der Waals surface area (Å²) in [6.45, 7) is 4.50. The molecule has 0 aromatic carbocycles. The molecule has 1 aromatic rings. The number of nitrogens with one attached hydrogen (secondary N) is 1. The van der Waals surface area contributed by atoms with Gasteiger partial charge in [0.05, 0.1) is 12.4 Å². The molecule has 0 radical (unpaired) electrons. The third-order valence-electron chi connectivity index (χ3n) is 1.38. The monoisotopic (exact) mass is 214 g/mol. The van der Waals surface area contributed by atoms with Crippen LogP contribution in [0.15, 0.2) is 17.6 Å². The van der Waals surface area contributed by atoms with E-state index >= 15 is 0 Å². The van der Waals surface area contributed by atoms with E-state index in [2.05, 4.69) is 9.97 Å². The van der Waals surface area contributed by atoms with Gasteiger partial charge < -0.3 is 9.72 Å². The molecule has 0 unspecified atom stereocenters. The molecule has 0 aliphatic rings. The molecule has 1 aromatic heterocycles. The van der Waals surface area contributed by atoms with Gasteiger partial charge in [-0.15, -0.1) is 0 Å². The number of carbonyl (C=O) groups excluding carboxylic acids is 1. The quantitative estimate of drug-likeness (QED) is 0.598. The Morgan fingerprint density at radius 1 is 1.71 bits per heavy atom. The van der Waals surface area contributed by atoms with Crippen molar-refractivity contribution in [2.24, 2.45) is 5.92 Å². The van der Waals surface area contributed by atoms with E-state index in [1.54, 1.807) is 12.4 Å². The second kappa shape index (κ2) is 5.70. The van der Waals surface area contributed by atoms with Crippen LogP contribution in [0.25, 0.3) is 0 Å². The first kappa shape index (κ1) is 11.1. The number of nitrogens with zero attached hydrogens (tertiary/aromatic N) is 1. The van der Waals surface area contributed by atoms with Gasteiger partial charge >= 0.3 is 5.97 Å². The van der Waals surface area contributed by atoms with Gasteiger partial charge in [0.1, 0.15) is 0 Å². The molecular formula is C9H14N2O2S. The van der Waals surface area contributed by atoms with E-state index in [-0.39, 0.29) is 5.97 Å². The molecule has 14 heavy (non-hydrogen) atoms. The lowest BCUT2D eigenvalue weighted by Crippen LogP contribution is -2.11. The highest BCUT2D eigenvalue weighted by atomic mass is 32.2. The number of esters is 1. The number of thioether (sulfide) groups is 1. The molecule has 1 rings (SSSR count). The lowest BCUT2D eigenvalue weighted by atomic mass is 10.2. The Labute approximate surface area is 87.4 Å². The van der Waals surface area contributed by atoms with Gasteiger partial charge in [-0.25, -0.2) is 4.98 Å². The lowest BCUT2D eigenvalue weighted by molar-refractivity contribution is -0.141. The summed E-state index contributed by atoms with van der Waals surface area (Å²) >= 11 is 1.35. The van der Waals surface area contributed by atoms with Crippen LogP contribution in [0.2, 0.25) is 0 Å². The van der Waals surface area contributed by atoms with Crippen molar-refractivity contribution in [2.75, 3.05) is 12.4 Å². The van der Waals surface area contributed by atoms with Crippen LogP contribution in [0.4, 0.5) is 0 Å². The van der Waals surface area contributed by atoms with Gasteiger partial charge in [-0.1, -0.05) is 25.6 Å². The lowest BCUT2D eigenvalue weighted by Gasteiger charge is -2.05. The molecular weight excluding hydrogens is 200 g/mol. The van der Waals surface area contributed by atoms with Gasteiger partial charge in [0.15, 0.2) is 5.16 Å². The zero-order valence-corrected chi connectivity index (χ0v) is 9.13. The average molecular weight is 214 g/mol. The minimum atomic E-state index is -0.194. The van der Waals surface area contributed by atoms with Gasteiger partial charge in [0.2, 0.25) is 0 Å². The summed E-state index contributed by atoms with van der Waals surface area (Å²) in [6, 6.07) is 0. The molecule has 0 saturated carbocycles. The van der Waals surface area contributed by atoms with Crippen LogP contribution in [0, 0.1) is 5.92 Å². The third kappa shape index (κ3) is 4.32. The second-order valence-corrected chi connectivity index (χ2v) is 4.22. The van der Waals surface area contributed by atoms with Crippen molar-refractivity contribution in [1.82, 2.24) is 9.97 Å². The average Bonchev–Trinajstić information content (AvgIpc) is 2.63. The van der Waals surface area contributed by atoms with Crippen molar-refractivity contribution in [3.63, 3.8) is 0 Å². The molecule has 0 bridgehead atoms. The predicted octanol–water partition coefficient (Wildman–Crippen LogP) is 1.70. The first-order valence-corrected chi connectivity index (χ1v) is 5.45. The number of H-pyrrole nitrogens is 1. The maximum atomic E-state index is 11.2. The predicted molar refractivity (Wildman–Crippen MR) is 55.1 cm³/mol. The first-order chi connectivity index (χ1) is 6.68. The van der Waals surface area contributed by atoms with Crippen LogP contribution in [0.1, 0.15) is 13.8 Å². The Morgan fingerprint density at radius 3 is 3.07 bits per heavy atom. The standard InChI is InChI=1S/C9H14N2O2S/c1-7(2)5-13-8(12)6-14-9-10-3-4-11-9/h3-4,7H,5-6H2,1-2H3,(H,10,11). The summed E-state index contributed by atoms with van der Waals surface area (Å²) in [6.07, 6.45) is 3.38. The van der Waals surface area contributed by atoms with E-state index < -0.39 is 0 Å². The molecule has 0 amide bonds. The fraction of sp³-hybridized carbons (Fsp3) is 0.556. The molecule has 4 nitrogen and oxygen atoms in total. The minimum absolute atomic E-state index is 0.194. The van der Waals surface area contributed by atoms with Gasteiger partial charge in [-0.3, -0.25) is 4.79 Å². The van der Waals surface area contributed by atoms with Crippen molar-refractivity contribution < 1.29 is 9.53 Å². The maximum absolute atomic E-state index is 11.2. The van der Waals surface area contributed by atoms with E-state index in [9.17, 15) is 4.79 Å². The van der Waals surface area contributed by atoms with E-state index in [1.165, 1.54) is 11.8 Å². The Kier molecular flexibility index (Phi) is 4.52. The zero-order valence-electron chi connectivity index (χ0n) is 8.32. The third-order valence-corrected chi connectivity index (χ3v) is 2.25. The molecule has 1 heterocycles. The summed E-state index contributed by atoms with van der Waals surface area (Å²) in [5.41, 5.74) is 0. The normalized spacial score (nSPS) is 10.5. The summed E-state index contributed by atoms with van der Waals surface area (Å²) < 4.78 is 5.00. The van der Waals surface area contributed by atoms with Gasteiger partial charge in [0.25, 0.3) is 0 Å². The van der Waals surface area contributed by atoms with Crippen molar-refractivity contribution in [2.45, 2.75) is 19.0 Å². The summed E-state index contributed by atoms with van der Waals surface area (Å²) in [7, 11) is 0. The number of aromatic amines is 1. The number of carbonyl (C=O) groups is 1. The molecule has 0 spiro atoms. The summed E-state index contributed by atoms with van der Waals surface area (Å²) in [5, 5.41) is 0.742. The molecule has 1 N–H and O–H groups in total. The Morgan fingerprint density at radius 2 is 2.50 bits per heavy atom. The fourth-order valence-electron chi connectivity index (χ4n) is 0.758. The maximum Gasteiger partial charge on any atom is 0.316 e. The van der Waals surface area contributed by atoms with Crippen LogP contribution in [0.3, 0.4) is 0 Å². The number of imidazole rings is 1. The Bertz CT molecular complexity index is 272. The molecule has 78 valence electrons. The van der Waals surface area contributed by atoms with Crippen LogP contribution in [-0.2, 0) is 9.53 Å². The highest BCUT2D eigenvalue weighted by Crippen LogP contribution is 2.11. The molecule has 5 heteroatoms. The zero-order chi connectivity index (χ0) is 10.4. The Hall–Kier alpha value is -0.970. The second-order valence-electron chi connectivity index (χ2n) is 3.26. The number of rotatable bonds is 5. The minimum Gasteiger partial charge on any atom is -0.465 e. The van der Waals surface area contributed by atoms with Crippen LogP contribution in [0.5, 0.6) is 0 Å². The van der Waals surface area contributed by atoms with E-state index in [0.29, 0.717) is 18.3 Å². The van der Waals surface area contributed by atoms with Crippen LogP contribution in [-0.4, -0.2) is 28.3 Å². The molecule has 0 fully saturated rings. The number of ether oxygens (including phenoxy) is 1. The van der Waals surface area contributed by atoms with E-state index in [4.69, 9.17) is 4.74 Å². The summed E-state index contributed by atoms with van der Waals surface area (Å²) in [5.74, 6) is 0.493. The van der Waals surface area contributed by atoms with E-state index in [1.807, 2.05) is 13.8 Å². The van der Waals surface area contributed by atoms with Crippen molar-refractivity contribution in [3.05, 3.63) is 12.4 Å². The first-order valence-electron chi connectivity index (χ1n) is 4.46. The van der Waals surface area contributed by atoms with E-state index in [0.717, 1.165) is 5.16 Å². The molecule has 0 saturated heterocycles. The van der Waals surface area contributed by atoms with Crippen LogP contribution < -0.4 is 0 Å². The molecule has 0 atom stereocenters. The topological polar surface area (TPSA) is 55.0 Å². The highest BCUT2D eigenvalue weighted by Gasteiger charge is 2.06. The molecule has 0 aliphatic heterocycles. The van der Waals surface area contributed by atoms with Crippen molar-refractivity contribution in [3.8, 4) is 0 Å². The highest BCUT2D eigenvalue weighted by molar-refractivity contribution is 7.99. The largest absolute Gasteiger partial charge is 0.465 e. The smallest absolute Gasteiger partial charge is 0.316 e. The van der Waals surface area contributed by atoms with Crippen molar-refractivity contribution in [1.29, 1.82) is 0 Å². The number of hydrogen-bond acceptors (Lipinski definition) is 4. The van der Waals surface area contributed by atoms with Crippen LogP contribution >= 0.6 is 11.8 Å². The molecule has 0 aliphatic carbocycles. The number of hydrogen-bond donors (Lipinski definition) is 1. The summed E-state index contributed by atoms with van der Waals surface area (Å²) in [4.78, 5) is 18.0.